The second-order valence-electron chi connectivity index (χ2n) is 4.91. The first-order chi connectivity index (χ1) is 11.0. The summed E-state index contributed by atoms with van der Waals surface area (Å²) >= 11 is 17.7. The van der Waals surface area contributed by atoms with Crippen molar-refractivity contribution in [2.24, 2.45) is 0 Å². The van der Waals surface area contributed by atoms with Crippen LogP contribution >= 0.6 is 34.8 Å². The van der Waals surface area contributed by atoms with Crippen molar-refractivity contribution in [3.05, 3.63) is 69.4 Å². The lowest BCUT2D eigenvalue weighted by molar-refractivity contribution is 0.476. The van der Waals surface area contributed by atoms with Crippen LogP contribution in [0.2, 0.25) is 15.1 Å². The fourth-order valence-electron chi connectivity index (χ4n) is 2.10. The van der Waals surface area contributed by atoms with Gasteiger partial charge in [-0.15, -0.1) is 0 Å². The Kier molecular flexibility index (Phi) is 4.71. The maximum absolute atomic E-state index is 9.55. The van der Waals surface area contributed by atoms with E-state index in [9.17, 15) is 5.11 Å². The number of halogens is 3. The highest BCUT2D eigenvalue weighted by Crippen LogP contribution is 2.34. The highest BCUT2D eigenvalue weighted by molar-refractivity contribution is 6.37. The lowest BCUT2D eigenvalue weighted by atomic mass is 10.2. The Morgan fingerprint density at radius 1 is 0.913 bits per heavy atom. The number of rotatable bonds is 4. The summed E-state index contributed by atoms with van der Waals surface area (Å²) in [6.45, 7) is 0.463. The van der Waals surface area contributed by atoms with E-state index >= 15 is 0 Å². The normalized spacial score (nSPS) is 10.7. The summed E-state index contributed by atoms with van der Waals surface area (Å²) in [5, 5.41) is 13.8. The minimum Gasteiger partial charge on any atom is -0.505 e. The average Bonchev–Trinajstić information content (AvgIpc) is 3.00. The van der Waals surface area contributed by atoms with E-state index < -0.39 is 0 Å². The van der Waals surface area contributed by atoms with Gasteiger partial charge in [0.1, 0.15) is 11.5 Å². The second-order valence-corrected chi connectivity index (χ2v) is 6.17. The molecule has 2 aromatic carbocycles. The third-order valence-electron chi connectivity index (χ3n) is 3.27. The zero-order chi connectivity index (χ0) is 16.4. The van der Waals surface area contributed by atoms with Gasteiger partial charge < -0.3 is 14.8 Å². The smallest absolute Gasteiger partial charge is 0.152 e. The summed E-state index contributed by atoms with van der Waals surface area (Å²) in [7, 11) is 0. The average molecular weight is 369 g/mol. The third-order valence-corrected chi connectivity index (χ3v) is 4.10. The monoisotopic (exact) mass is 367 g/mol. The minimum atomic E-state index is -0.123. The molecule has 0 saturated carbocycles. The molecule has 0 bridgehead atoms. The predicted octanol–water partition coefficient (Wildman–Crippen LogP) is 6.22. The Balaban J connectivity index is 1.71. The first-order valence-electron chi connectivity index (χ1n) is 6.79. The zero-order valence-electron chi connectivity index (χ0n) is 11.8. The summed E-state index contributed by atoms with van der Waals surface area (Å²) < 4.78 is 5.79. The molecule has 3 rings (SSSR count). The molecule has 0 radical (unpaired) electrons. The maximum atomic E-state index is 9.55. The fraction of sp³-hybridized carbons (Fsp3) is 0.0588. The van der Waals surface area contributed by atoms with Crippen molar-refractivity contribution < 1.29 is 9.52 Å². The SMILES string of the molecule is Oc1c(Cl)cc(NCc2ccc(-c3ccc(Cl)cc3)o2)cc1Cl. The van der Waals surface area contributed by atoms with Crippen molar-refractivity contribution in [2.45, 2.75) is 6.54 Å². The zero-order valence-corrected chi connectivity index (χ0v) is 14.1. The highest BCUT2D eigenvalue weighted by atomic mass is 35.5. The van der Waals surface area contributed by atoms with Gasteiger partial charge in [0.2, 0.25) is 0 Å². The van der Waals surface area contributed by atoms with Gasteiger partial charge in [-0.1, -0.05) is 34.8 Å². The Morgan fingerprint density at radius 2 is 1.57 bits per heavy atom. The van der Waals surface area contributed by atoms with E-state index in [0.29, 0.717) is 17.3 Å². The van der Waals surface area contributed by atoms with E-state index in [1.54, 1.807) is 12.1 Å². The standard InChI is InChI=1S/C17H12Cl3NO2/c18-11-3-1-10(2-4-11)16-6-5-13(23-16)9-21-12-7-14(19)17(22)15(20)8-12/h1-8,21-22H,9H2. The van der Waals surface area contributed by atoms with Gasteiger partial charge in [0.25, 0.3) is 0 Å². The molecule has 0 unspecified atom stereocenters. The molecule has 0 atom stereocenters. The topological polar surface area (TPSA) is 45.4 Å². The van der Waals surface area contributed by atoms with Crippen LogP contribution in [0.5, 0.6) is 5.75 Å². The third kappa shape index (κ3) is 3.75. The minimum absolute atomic E-state index is 0.123. The lowest BCUT2D eigenvalue weighted by Gasteiger charge is -2.07. The van der Waals surface area contributed by atoms with Crippen molar-refractivity contribution in [2.75, 3.05) is 5.32 Å². The first kappa shape index (κ1) is 16.1. The van der Waals surface area contributed by atoms with Crippen LogP contribution in [0.1, 0.15) is 5.76 Å². The molecular weight excluding hydrogens is 357 g/mol. The molecule has 1 heterocycles. The van der Waals surface area contributed by atoms with Gasteiger partial charge in [-0.2, -0.15) is 0 Å². The predicted molar refractivity (Wildman–Crippen MR) is 94.6 cm³/mol. The van der Waals surface area contributed by atoms with E-state index in [4.69, 9.17) is 39.2 Å². The van der Waals surface area contributed by atoms with Crippen molar-refractivity contribution in [3.8, 4) is 17.1 Å². The van der Waals surface area contributed by atoms with Crippen molar-refractivity contribution >= 4 is 40.5 Å². The van der Waals surface area contributed by atoms with Crippen LogP contribution in [0.25, 0.3) is 11.3 Å². The molecule has 0 fully saturated rings. The van der Waals surface area contributed by atoms with Crippen LogP contribution in [0, 0.1) is 0 Å². The largest absolute Gasteiger partial charge is 0.505 e. The number of phenolic OH excluding ortho intramolecular Hbond substituents is 1. The van der Waals surface area contributed by atoms with Gasteiger partial charge in [-0.25, -0.2) is 0 Å². The molecule has 0 amide bonds. The summed E-state index contributed by atoms with van der Waals surface area (Å²) in [6, 6.07) is 14.4. The van der Waals surface area contributed by atoms with Crippen molar-refractivity contribution in [1.82, 2.24) is 0 Å². The van der Waals surface area contributed by atoms with Crippen LogP contribution in [0.15, 0.2) is 52.9 Å². The number of hydrogen-bond acceptors (Lipinski definition) is 3. The maximum Gasteiger partial charge on any atom is 0.152 e. The number of hydrogen-bond donors (Lipinski definition) is 2. The van der Waals surface area contributed by atoms with Crippen molar-refractivity contribution in [3.63, 3.8) is 0 Å². The van der Waals surface area contributed by atoms with Gasteiger partial charge >= 0.3 is 0 Å². The van der Waals surface area contributed by atoms with Gasteiger partial charge in [0.15, 0.2) is 5.75 Å². The molecule has 6 heteroatoms. The number of aromatic hydroxyl groups is 1. The Labute approximate surface area is 148 Å². The van der Waals surface area contributed by atoms with Gasteiger partial charge in [0, 0.05) is 16.3 Å². The lowest BCUT2D eigenvalue weighted by Crippen LogP contribution is -1.98. The Bertz CT molecular complexity index is 805. The summed E-state index contributed by atoms with van der Waals surface area (Å²) in [5.74, 6) is 1.40. The van der Waals surface area contributed by atoms with Crippen LogP contribution in [0.3, 0.4) is 0 Å². The summed E-state index contributed by atoms with van der Waals surface area (Å²) in [5.41, 5.74) is 1.65. The molecule has 1 aromatic heterocycles. The molecule has 0 aliphatic heterocycles. The molecule has 0 saturated heterocycles. The number of nitrogens with one attached hydrogen (secondary N) is 1. The molecule has 3 nitrogen and oxygen atoms in total. The molecule has 0 aliphatic carbocycles. The van der Waals surface area contributed by atoms with Gasteiger partial charge in [0.05, 0.1) is 16.6 Å². The molecular formula is C17H12Cl3NO2. The molecule has 0 aliphatic rings. The van der Waals surface area contributed by atoms with E-state index in [1.165, 1.54) is 0 Å². The van der Waals surface area contributed by atoms with E-state index in [-0.39, 0.29) is 15.8 Å². The number of furan rings is 1. The second kappa shape index (κ2) is 6.75. The van der Waals surface area contributed by atoms with Gasteiger partial charge in [-0.05, 0) is 48.5 Å². The van der Waals surface area contributed by atoms with Crippen LogP contribution in [-0.2, 0) is 6.54 Å². The molecule has 23 heavy (non-hydrogen) atoms. The van der Waals surface area contributed by atoms with Crippen LogP contribution < -0.4 is 5.32 Å². The number of benzene rings is 2. The van der Waals surface area contributed by atoms with Crippen molar-refractivity contribution in [1.29, 1.82) is 0 Å². The van der Waals surface area contributed by atoms with Crippen LogP contribution in [-0.4, -0.2) is 5.11 Å². The highest BCUT2D eigenvalue weighted by Gasteiger charge is 2.08. The van der Waals surface area contributed by atoms with E-state index in [0.717, 1.165) is 17.1 Å². The molecule has 118 valence electrons. The summed E-state index contributed by atoms with van der Waals surface area (Å²) in [4.78, 5) is 0. The molecule has 2 N–H and O–H groups in total. The molecule has 3 aromatic rings. The van der Waals surface area contributed by atoms with E-state index in [2.05, 4.69) is 5.32 Å². The number of phenols is 1. The molecule has 0 spiro atoms. The van der Waals surface area contributed by atoms with Gasteiger partial charge in [-0.3, -0.25) is 0 Å². The van der Waals surface area contributed by atoms with E-state index in [1.807, 2.05) is 36.4 Å². The Morgan fingerprint density at radius 3 is 2.22 bits per heavy atom. The number of anilines is 1. The van der Waals surface area contributed by atoms with Crippen LogP contribution in [0.4, 0.5) is 5.69 Å². The fourth-order valence-corrected chi connectivity index (χ4v) is 2.71. The first-order valence-corrected chi connectivity index (χ1v) is 7.93. The Hall–Kier alpha value is -1.81. The quantitative estimate of drug-likeness (QED) is 0.537. The summed E-state index contributed by atoms with van der Waals surface area (Å²) in [6.07, 6.45) is 0.